The van der Waals surface area contributed by atoms with Gasteiger partial charge in [-0.05, 0) is 18.6 Å². The van der Waals surface area contributed by atoms with Crippen molar-refractivity contribution in [1.82, 2.24) is 0 Å². The summed E-state index contributed by atoms with van der Waals surface area (Å²) in [5.41, 5.74) is 0. The average Bonchev–Trinajstić information content (AvgIpc) is 2.15. The van der Waals surface area contributed by atoms with E-state index in [9.17, 15) is 4.79 Å². The summed E-state index contributed by atoms with van der Waals surface area (Å²) in [6.07, 6.45) is 2.18. The largest absolute Gasteiger partial charge is 0.273 e. The van der Waals surface area contributed by atoms with E-state index in [2.05, 4.69) is 4.99 Å². The quantitative estimate of drug-likeness (QED) is 0.513. The summed E-state index contributed by atoms with van der Waals surface area (Å²) in [6.45, 7) is 1.49. The summed E-state index contributed by atoms with van der Waals surface area (Å²) in [6, 6.07) is 0. The molecule has 0 N–H and O–H groups in total. The molecule has 0 spiro atoms. The van der Waals surface area contributed by atoms with Crippen molar-refractivity contribution in [2.24, 2.45) is 4.99 Å². The summed E-state index contributed by atoms with van der Waals surface area (Å²) in [7, 11) is 0. The highest BCUT2D eigenvalue weighted by atomic mass is 32.2. The van der Waals surface area contributed by atoms with Gasteiger partial charge < -0.3 is 0 Å². The zero-order chi connectivity index (χ0) is 6.69. The predicted octanol–water partition coefficient (Wildman–Crippen LogP) is 1.46. The molecule has 0 saturated carbocycles. The van der Waals surface area contributed by atoms with E-state index in [4.69, 9.17) is 0 Å². The minimum atomic E-state index is -0.0700. The monoisotopic (exact) mass is 143 g/mol. The molecule has 2 nitrogen and oxygen atoms in total. The number of nitrogens with zero attached hydrogens (tertiary/aromatic N) is 1. The zero-order valence-electron chi connectivity index (χ0n) is 5.39. The number of aliphatic imine (C=N–C) groups is 1. The van der Waals surface area contributed by atoms with Crippen molar-refractivity contribution >= 4 is 22.7 Å². The second-order valence-corrected chi connectivity index (χ2v) is 3.14. The maximum absolute atomic E-state index is 10.4. The smallest absolute Gasteiger partial charge is 0.243 e. The Morgan fingerprint density at radius 3 is 3.00 bits per heavy atom. The van der Waals surface area contributed by atoms with Gasteiger partial charge in [-0.2, -0.15) is 0 Å². The van der Waals surface area contributed by atoms with E-state index in [1.807, 2.05) is 0 Å². The molecule has 1 amide bonds. The topological polar surface area (TPSA) is 29.4 Å². The van der Waals surface area contributed by atoms with Gasteiger partial charge in [0, 0.05) is 6.92 Å². The molecule has 1 rings (SSSR count). The highest BCUT2D eigenvalue weighted by Gasteiger charge is 2.08. The van der Waals surface area contributed by atoms with Gasteiger partial charge in [0.25, 0.3) is 0 Å². The minimum absolute atomic E-state index is 0.0700. The normalized spacial score (nSPS) is 23.0. The second-order valence-electron chi connectivity index (χ2n) is 1.98. The number of hydrogen-bond donors (Lipinski definition) is 0. The van der Waals surface area contributed by atoms with Gasteiger partial charge in [-0.1, -0.05) is 0 Å². The Hall–Kier alpha value is -0.310. The molecule has 1 saturated heterocycles. The van der Waals surface area contributed by atoms with Gasteiger partial charge in [0.2, 0.25) is 5.91 Å². The molecule has 0 aromatic rings. The van der Waals surface area contributed by atoms with E-state index in [0.29, 0.717) is 0 Å². The molecule has 1 aliphatic rings. The van der Waals surface area contributed by atoms with Crippen LogP contribution in [0.2, 0.25) is 0 Å². The highest BCUT2D eigenvalue weighted by molar-refractivity contribution is 8.14. The molecular formula is C6H9NOS. The first kappa shape index (κ1) is 6.81. The van der Waals surface area contributed by atoms with Crippen LogP contribution >= 0.6 is 11.8 Å². The SMILES string of the molecule is CC(=O)N=C1CCCS1. The first-order valence-electron chi connectivity index (χ1n) is 3.00. The fraction of sp³-hybridized carbons (Fsp3) is 0.667. The third-order valence-electron chi connectivity index (χ3n) is 1.09. The Labute approximate surface area is 58.7 Å². The molecule has 1 fully saturated rings. The second kappa shape index (κ2) is 3.01. The van der Waals surface area contributed by atoms with Crippen molar-refractivity contribution in [3.8, 4) is 0 Å². The van der Waals surface area contributed by atoms with Crippen LogP contribution in [0.25, 0.3) is 0 Å². The summed E-state index contributed by atoms with van der Waals surface area (Å²) < 4.78 is 0. The molecule has 0 unspecified atom stereocenters. The van der Waals surface area contributed by atoms with Crippen LogP contribution in [0.3, 0.4) is 0 Å². The summed E-state index contributed by atoms with van der Waals surface area (Å²) in [5, 5.41) is 1.02. The van der Waals surface area contributed by atoms with Gasteiger partial charge in [0.05, 0.1) is 5.04 Å². The van der Waals surface area contributed by atoms with Crippen molar-refractivity contribution in [3.05, 3.63) is 0 Å². The van der Waals surface area contributed by atoms with Crippen LogP contribution in [0.5, 0.6) is 0 Å². The Morgan fingerprint density at radius 2 is 2.56 bits per heavy atom. The molecule has 3 heteroatoms. The lowest BCUT2D eigenvalue weighted by Gasteiger charge is -1.87. The van der Waals surface area contributed by atoms with Crippen molar-refractivity contribution in [2.45, 2.75) is 19.8 Å². The van der Waals surface area contributed by atoms with Crippen molar-refractivity contribution in [1.29, 1.82) is 0 Å². The number of amides is 1. The van der Waals surface area contributed by atoms with E-state index in [0.717, 1.165) is 17.2 Å². The zero-order valence-corrected chi connectivity index (χ0v) is 6.20. The molecular weight excluding hydrogens is 134 g/mol. The summed E-state index contributed by atoms with van der Waals surface area (Å²) in [5.74, 6) is 1.06. The molecule has 0 bridgehead atoms. The lowest BCUT2D eigenvalue weighted by molar-refractivity contribution is -0.115. The van der Waals surface area contributed by atoms with Crippen LogP contribution in [-0.4, -0.2) is 16.7 Å². The molecule has 0 aliphatic carbocycles. The van der Waals surface area contributed by atoms with Crippen molar-refractivity contribution in [3.63, 3.8) is 0 Å². The molecule has 0 aromatic carbocycles. The van der Waals surface area contributed by atoms with Crippen LogP contribution in [0, 0.1) is 0 Å². The molecule has 0 radical (unpaired) electrons. The maximum atomic E-state index is 10.4. The molecule has 1 heterocycles. The third-order valence-corrected chi connectivity index (χ3v) is 2.21. The van der Waals surface area contributed by atoms with Gasteiger partial charge in [0.15, 0.2) is 0 Å². The van der Waals surface area contributed by atoms with Gasteiger partial charge in [-0.3, -0.25) is 4.79 Å². The van der Waals surface area contributed by atoms with E-state index < -0.39 is 0 Å². The van der Waals surface area contributed by atoms with E-state index in [1.165, 1.54) is 13.3 Å². The van der Waals surface area contributed by atoms with Gasteiger partial charge in [-0.15, -0.1) is 11.8 Å². The number of rotatable bonds is 0. The van der Waals surface area contributed by atoms with Crippen molar-refractivity contribution < 1.29 is 4.79 Å². The van der Waals surface area contributed by atoms with Crippen LogP contribution in [0.1, 0.15) is 19.8 Å². The maximum Gasteiger partial charge on any atom is 0.243 e. The Balaban J connectivity index is 2.49. The van der Waals surface area contributed by atoms with Gasteiger partial charge in [-0.25, -0.2) is 4.99 Å². The highest BCUT2D eigenvalue weighted by Crippen LogP contribution is 2.20. The van der Waals surface area contributed by atoms with Crippen LogP contribution in [0.15, 0.2) is 4.99 Å². The number of thioether (sulfide) groups is 1. The van der Waals surface area contributed by atoms with E-state index >= 15 is 0 Å². The van der Waals surface area contributed by atoms with Crippen molar-refractivity contribution in [2.75, 3.05) is 5.75 Å². The van der Waals surface area contributed by atoms with Gasteiger partial charge >= 0.3 is 0 Å². The van der Waals surface area contributed by atoms with E-state index in [1.54, 1.807) is 11.8 Å². The van der Waals surface area contributed by atoms with E-state index in [-0.39, 0.29) is 5.91 Å². The Bertz CT molecular complexity index is 145. The summed E-state index contributed by atoms with van der Waals surface area (Å²) in [4.78, 5) is 14.2. The van der Waals surface area contributed by atoms with Gasteiger partial charge in [0.1, 0.15) is 0 Å². The number of hydrogen-bond acceptors (Lipinski definition) is 2. The molecule has 50 valence electrons. The third kappa shape index (κ3) is 2.18. The van der Waals surface area contributed by atoms with Crippen LogP contribution in [0.4, 0.5) is 0 Å². The lowest BCUT2D eigenvalue weighted by Crippen LogP contribution is -1.89. The van der Waals surface area contributed by atoms with Crippen LogP contribution < -0.4 is 0 Å². The molecule has 9 heavy (non-hydrogen) atoms. The Morgan fingerprint density at radius 1 is 1.78 bits per heavy atom. The first-order chi connectivity index (χ1) is 4.29. The number of carbonyl (C=O) groups is 1. The lowest BCUT2D eigenvalue weighted by atomic mass is 10.4. The minimum Gasteiger partial charge on any atom is -0.273 e. The summed E-state index contributed by atoms with van der Waals surface area (Å²) >= 11 is 1.70. The molecule has 0 aromatic heterocycles. The fourth-order valence-electron chi connectivity index (χ4n) is 0.749. The fourth-order valence-corrected chi connectivity index (χ4v) is 1.76. The molecule has 0 atom stereocenters. The standard InChI is InChI=1S/C6H9NOS/c1-5(8)7-6-3-2-4-9-6/h2-4H2,1H3. The predicted molar refractivity (Wildman–Crippen MR) is 39.8 cm³/mol. The first-order valence-corrected chi connectivity index (χ1v) is 3.98. The average molecular weight is 143 g/mol. The Kier molecular flexibility index (Phi) is 2.28. The number of carbonyl (C=O) groups excluding carboxylic acids is 1. The molecule has 1 aliphatic heterocycles. The van der Waals surface area contributed by atoms with Crippen LogP contribution in [-0.2, 0) is 4.79 Å².